The number of amides is 3. The quantitative estimate of drug-likeness (QED) is 0.643. The van der Waals surface area contributed by atoms with E-state index in [0.29, 0.717) is 60.9 Å². The number of methoxy groups -OCH3 is 1. The highest BCUT2D eigenvalue weighted by molar-refractivity contribution is 6.30. The average Bonchev–Trinajstić information content (AvgIpc) is 2.79. The van der Waals surface area contributed by atoms with Crippen LogP contribution in [0.15, 0.2) is 48.5 Å². The molecule has 1 saturated heterocycles. The van der Waals surface area contributed by atoms with Crippen LogP contribution in [0.2, 0.25) is 5.02 Å². The number of carbonyl (C=O) groups excluding carboxylic acids is 3. The zero-order valence-electron chi connectivity index (χ0n) is 17.4. The minimum Gasteiger partial charge on any atom is -0.383 e. The molecule has 0 spiro atoms. The fourth-order valence-corrected chi connectivity index (χ4v) is 3.57. The predicted molar refractivity (Wildman–Crippen MR) is 119 cm³/mol. The monoisotopic (exact) mass is 443 g/mol. The van der Waals surface area contributed by atoms with Gasteiger partial charge in [-0.05, 0) is 61.4 Å². The molecule has 3 amide bonds. The van der Waals surface area contributed by atoms with Crippen LogP contribution in [0.25, 0.3) is 0 Å². The molecule has 2 aromatic rings. The molecule has 0 bridgehead atoms. The van der Waals surface area contributed by atoms with Crippen molar-refractivity contribution in [2.75, 3.05) is 38.7 Å². The SMILES string of the molecule is COCCNC(=O)C1CCN(C(=O)c2ccc(NC(=O)c3ccc(Cl)cc3)cc2)CC1. The van der Waals surface area contributed by atoms with Crippen LogP contribution >= 0.6 is 11.6 Å². The number of nitrogens with one attached hydrogen (secondary N) is 2. The van der Waals surface area contributed by atoms with Crippen LogP contribution in [0, 0.1) is 5.92 Å². The fraction of sp³-hybridized carbons (Fsp3) is 0.348. The second-order valence-corrected chi connectivity index (χ2v) is 7.83. The van der Waals surface area contributed by atoms with E-state index in [2.05, 4.69) is 10.6 Å². The van der Waals surface area contributed by atoms with Crippen molar-refractivity contribution in [1.82, 2.24) is 10.2 Å². The number of likely N-dealkylation sites (tertiary alicyclic amines) is 1. The number of anilines is 1. The number of hydrogen-bond donors (Lipinski definition) is 2. The number of halogens is 1. The largest absolute Gasteiger partial charge is 0.383 e. The Morgan fingerprint density at radius 3 is 2.23 bits per heavy atom. The van der Waals surface area contributed by atoms with Crippen molar-refractivity contribution >= 4 is 35.0 Å². The third-order valence-electron chi connectivity index (χ3n) is 5.25. The molecule has 0 aromatic heterocycles. The Kier molecular flexibility index (Phi) is 8.03. The number of rotatable bonds is 7. The van der Waals surface area contributed by atoms with Crippen LogP contribution in [0.5, 0.6) is 0 Å². The van der Waals surface area contributed by atoms with E-state index >= 15 is 0 Å². The second kappa shape index (κ2) is 10.9. The first-order valence-corrected chi connectivity index (χ1v) is 10.6. The molecule has 7 nitrogen and oxygen atoms in total. The van der Waals surface area contributed by atoms with Gasteiger partial charge in [0.25, 0.3) is 11.8 Å². The van der Waals surface area contributed by atoms with Gasteiger partial charge in [-0.2, -0.15) is 0 Å². The van der Waals surface area contributed by atoms with E-state index < -0.39 is 0 Å². The summed E-state index contributed by atoms with van der Waals surface area (Å²) in [5.41, 5.74) is 1.65. The highest BCUT2D eigenvalue weighted by Crippen LogP contribution is 2.20. The predicted octanol–water partition coefficient (Wildman–Crippen LogP) is 3.21. The Hall–Kier alpha value is -2.90. The molecule has 0 radical (unpaired) electrons. The molecule has 0 aliphatic carbocycles. The lowest BCUT2D eigenvalue weighted by Crippen LogP contribution is -2.43. The third-order valence-corrected chi connectivity index (χ3v) is 5.51. The summed E-state index contributed by atoms with van der Waals surface area (Å²) in [6.07, 6.45) is 1.28. The number of hydrogen-bond acceptors (Lipinski definition) is 4. The van der Waals surface area contributed by atoms with Gasteiger partial charge in [-0.25, -0.2) is 0 Å². The molecule has 164 valence electrons. The topological polar surface area (TPSA) is 87.7 Å². The lowest BCUT2D eigenvalue weighted by Gasteiger charge is -2.31. The standard InChI is InChI=1S/C23H26ClN3O4/c1-31-15-12-25-21(28)17-10-13-27(14-11-17)23(30)18-4-8-20(9-5-18)26-22(29)16-2-6-19(24)7-3-16/h2-9,17H,10-15H2,1H3,(H,25,28)(H,26,29). The van der Waals surface area contributed by atoms with Gasteiger partial charge >= 0.3 is 0 Å². The van der Waals surface area contributed by atoms with Gasteiger partial charge in [0, 0.05) is 54.5 Å². The van der Waals surface area contributed by atoms with E-state index in [0.717, 1.165) is 0 Å². The van der Waals surface area contributed by atoms with Crippen molar-refractivity contribution in [3.8, 4) is 0 Å². The molecule has 1 aliphatic rings. The molecule has 0 atom stereocenters. The van der Waals surface area contributed by atoms with Crippen molar-refractivity contribution < 1.29 is 19.1 Å². The van der Waals surface area contributed by atoms with Gasteiger partial charge in [0.05, 0.1) is 6.61 Å². The van der Waals surface area contributed by atoms with Crippen molar-refractivity contribution in [3.63, 3.8) is 0 Å². The second-order valence-electron chi connectivity index (χ2n) is 7.39. The third kappa shape index (κ3) is 6.29. The Morgan fingerprint density at radius 1 is 1.00 bits per heavy atom. The normalized spacial score (nSPS) is 14.2. The molecule has 31 heavy (non-hydrogen) atoms. The summed E-state index contributed by atoms with van der Waals surface area (Å²) >= 11 is 5.84. The van der Waals surface area contributed by atoms with Crippen LogP contribution in [0.4, 0.5) is 5.69 Å². The Morgan fingerprint density at radius 2 is 1.61 bits per heavy atom. The van der Waals surface area contributed by atoms with Crippen LogP contribution in [-0.4, -0.2) is 56.0 Å². The first kappa shape index (κ1) is 22.8. The van der Waals surface area contributed by atoms with Crippen LogP contribution in [0.1, 0.15) is 33.6 Å². The highest BCUT2D eigenvalue weighted by Gasteiger charge is 2.27. The molecular weight excluding hydrogens is 418 g/mol. The fourth-order valence-electron chi connectivity index (χ4n) is 3.45. The molecule has 1 heterocycles. The van der Waals surface area contributed by atoms with Crippen LogP contribution in [0.3, 0.4) is 0 Å². The Balaban J connectivity index is 1.51. The van der Waals surface area contributed by atoms with Crippen molar-refractivity contribution in [2.24, 2.45) is 5.92 Å². The average molecular weight is 444 g/mol. The van der Waals surface area contributed by atoms with Crippen molar-refractivity contribution in [3.05, 3.63) is 64.7 Å². The van der Waals surface area contributed by atoms with E-state index in [1.165, 1.54) is 0 Å². The maximum atomic E-state index is 12.8. The summed E-state index contributed by atoms with van der Waals surface area (Å²) in [6.45, 7) is 2.06. The van der Waals surface area contributed by atoms with E-state index in [-0.39, 0.29) is 23.6 Å². The van der Waals surface area contributed by atoms with Crippen LogP contribution < -0.4 is 10.6 Å². The highest BCUT2D eigenvalue weighted by atomic mass is 35.5. The van der Waals surface area contributed by atoms with E-state index in [4.69, 9.17) is 16.3 Å². The van der Waals surface area contributed by atoms with Crippen LogP contribution in [-0.2, 0) is 9.53 Å². The van der Waals surface area contributed by atoms with Gasteiger partial charge in [-0.3, -0.25) is 14.4 Å². The van der Waals surface area contributed by atoms with E-state index in [9.17, 15) is 14.4 Å². The number of nitrogens with zero attached hydrogens (tertiary/aromatic N) is 1. The first-order chi connectivity index (χ1) is 15.0. The summed E-state index contributed by atoms with van der Waals surface area (Å²) in [7, 11) is 1.59. The van der Waals surface area contributed by atoms with E-state index in [1.807, 2.05) is 0 Å². The van der Waals surface area contributed by atoms with Gasteiger partial charge in [0.15, 0.2) is 0 Å². The molecule has 2 aromatic carbocycles. The zero-order chi connectivity index (χ0) is 22.2. The lowest BCUT2D eigenvalue weighted by atomic mass is 9.95. The summed E-state index contributed by atoms with van der Waals surface area (Å²) in [4.78, 5) is 39.0. The maximum Gasteiger partial charge on any atom is 0.255 e. The van der Waals surface area contributed by atoms with Crippen molar-refractivity contribution in [1.29, 1.82) is 0 Å². The minimum absolute atomic E-state index is 0.0185. The first-order valence-electron chi connectivity index (χ1n) is 10.2. The van der Waals surface area contributed by atoms with Gasteiger partial charge in [-0.1, -0.05) is 11.6 Å². The lowest BCUT2D eigenvalue weighted by molar-refractivity contribution is -0.126. The maximum absolute atomic E-state index is 12.8. The molecule has 1 fully saturated rings. The Labute approximate surface area is 186 Å². The minimum atomic E-state index is -0.249. The summed E-state index contributed by atoms with van der Waals surface area (Å²) in [5.74, 6) is -0.383. The van der Waals surface area contributed by atoms with Gasteiger partial charge in [0.1, 0.15) is 0 Å². The molecule has 0 unspecified atom stereocenters. The zero-order valence-corrected chi connectivity index (χ0v) is 18.2. The molecule has 2 N–H and O–H groups in total. The summed E-state index contributed by atoms with van der Waals surface area (Å²) in [6, 6.07) is 13.4. The van der Waals surface area contributed by atoms with Gasteiger partial charge < -0.3 is 20.3 Å². The number of carbonyl (C=O) groups is 3. The Bertz CT molecular complexity index is 907. The number of benzene rings is 2. The number of piperidine rings is 1. The molecular formula is C23H26ClN3O4. The summed E-state index contributed by atoms with van der Waals surface area (Å²) in [5, 5.41) is 6.22. The van der Waals surface area contributed by atoms with Crippen molar-refractivity contribution in [2.45, 2.75) is 12.8 Å². The van der Waals surface area contributed by atoms with E-state index in [1.54, 1.807) is 60.5 Å². The van der Waals surface area contributed by atoms with Gasteiger partial charge in [0.2, 0.25) is 5.91 Å². The smallest absolute Gasteiger partial charge is 0.255 e. The van der Waals surface area contributed by atoms with Gasteiger partial charge in [-0.15, -0.1) is 0 Å². The number of ether oxygens (including phenoxy) is 1. The molecule has 1 aliphatic heterocycles. The summed E-state index contributed by atoms with van der Waals surface area (Å²) < 4.78 is 4.94. The molecule has 3 rings (SSSR count). The molecule has 8 heteroatoms. The molecule has 0 saturated carbocycles.